The van der Waals surface area contributed by atoms with Crippen LogP contribution in [0.3, 0.4) is 0 Å². The lowest BCUT2D eigenvalue weighted by atomic mass is 9.78. The van der Waals surface area contributed by atoms with Crippen molar-refractivity contribution in [2.75, 3.05) is 0 Å². The van der Waals surface area contributed by atoms with Crippen molar-refractivity contribution in [1.82, 2.24) is 10.3 Å². The first-order valence-electron chi connectivity index (χ1n) is 6.66. The summed E-state index contributed by atoms with van der Waals surface area (Å²) in [6.07, 6.45) is 4.29. The van der Waals surface area contributed by atoms with Crippen molar-refractivity contribution in [3.05, 3.63) is 30.1 Å². The molecule has 0 saturated heterocycles. The van der Waals surface area contributed by atoms with Gasteiger partial charge in [0, 0.05) is 28.6 Å². The third-order valence-corrected chi connectivity index (χ3v) is 6.41. The molecule has 7 heteroatoms. The molecule has 1 heterocycles. The van der Waals surface area contributed by atoms with Crippen molar-refractivity contribution < 1.29 is 14.7 Å². The van der Waals surface area contributed by atoms with Crippen LogP contribution < -0.4 is 5.32 Å². The number of carbonyl (C=O) groups is 2. The zero-order chi connectivity index (χ0) is 15.4. The number of aliphatic carboxylic acids is 1. The molecule has 0 bridgehead atoms. The topological polar surface area (TPSA) is 79.3 Å². The van der Waals surface area contributed by atoms with Crippen LogP contribution in [-0.4, -0.2) is 31.6 Å². The molecular formula is C14H16Br2N2O3. The Morgan fingerprint density at radius 2 is 1.95 bits per heavy atom. The van der Waals surface area contributed by atoms with Crippen LogP contribution in [0.1, 0.15) is 18.4 Å². The zero-order valence-corrected chi connectivity index (χ0v) is 14.4. The van der Waals surface area contributed by atoms with Gasteiger partial charge in [-0.1, -0.05) is 37.9 Å². The van der Waals surface area contributed by atoms with Crippen LogP contribution in [0, 0.1) is 11.8 Å². The lowest BCUT2D eigenvalue weighted by Gasteiger charge is -2.33. The van der Waals surface area contributed by atoms with Gasteiger partial charge < -0.3 is 10.4 Å². The summed E-state index contributed by atoms with van der Waals surface area (Å²) in [6, 6.07) is 3.66. The number of halogens is 2. The van der Waals surface area contributed by atoms with E-state index in [1.165, 1.54) is 0 Å². The predicted molar refractivity (Wildman–Crippen MR) is 85.4 cm³/mol. The Morgan fingerprint density at radius 3 is 2.52 bits per heavy atom. The van der Waals surface area contributed by atoms with Crippen LogP contribution in [0.2, 0.25) is 0 Å². The number of alkyl halides is 2. The molecule has 4 atom stereocenters. The molecular weight excluding hydrogens is 404 g/mol. The van der Waals surface area contributed by atoms with Crippen LogP contribution in [0.4, 0.5) is 0 Å². The molecule has 1 saturated carbocycles. The van der Waals surface area contributed by atoms with E-state index >= 15 is 0 Å². The van der Waals surface area contributed by atoms with Gasteiger partial charge in [0.1, 0.15) is 0 Å². The van der Waals surface area contributed by atoms with Gasteiger partial charge >= 0.3 is 5.97 Å². The van der Waals surface area contributed by atoms with Crippen molar-refractivity contribution >= 4 is 43.7 Å². The first-order chi connectivity index (χ1) is 9.99. The highest BCUT2D eigenvalue weighted by Crippen LogP contribution is 2.38. The van der Waals surface area contributed by atoms with Gasteiger partial charge in [0.15, 0.2) is 0 Å². The zero-order valence-electron chi connectivity index (χ0n) is 11.2. The molecule has 1 aromatic heterocycles. The Kier molecular flexibility index (Phi) is 5.75. The fourth-order valence-electron chi connectivity index (χ4n) is 2.49. The van der Waals surface area contributed by atoms with Gasteiger partial charge in [-0.2, -0.15) is 0 Å². The molecule has 5 nitrogen and oxygen atoms in total. The van der Waals surface area contributed by atoms with Gasteiger partial charge in [0.25, 0.3) is 0 Å². The van der Waals surface area contributed by atoms with Gasteiger partial charge in [-0.15, -0.1) is 0 Å². The van der Waals surface area contributed by atoms with E-state index in [1.807, 2.05) is 6.07 Å². The second-order valence-electron chi connectivity index (χ2n) is 5.13. The summed E-state index contributed by atoms with van der Waals surface area (Å²) >= 11 is 6.97. The number of rotatable bonds is 4. The number of carboxylic acids is 1. The summed E-state index contributed by atoms with van der Waals surface area (Å²) in [5, 5.41) is 12.1. The number of pyridine rings is 1. The highest BCUT2D eigenvalue weighted by atomic mass is 79.9. The molecule has 1 aromatic rings. The number of nitrogens with zero attached hydrogens (tertiary/aromatic N) is 1. The van der Waals surface area contributed by atoms with Crippen LogP contribution >= 0.6 is 31.9 Å². The Morgan fingerprint density at radius 1 is 1.29 bits per heavy atom. The lowest BCUT2D eigenvalue weighted by Crippen LogP contribution is -2.44. The fraction of sp³-hybridized carbons (Fsp3) is 0.500. The second-order valence-corrected chi connectivity index (χ2v) is 7.49. The first-order valence-corrected chi connectivity index (χ1v) is 8.49. The molecule has 1 aliphatic rings. The normalized spacial score (nSPS) is 28.9. The summed E-state index contributed by atoms with van der Waals surface area (Å²) in [7, 11) is 0. The number of amides is 1. The number of hydrogen-bond donors (Lipinski definition) is 2. The molecule has 1 fully saturated rings. The molecule has 114 valence electrons. The van der Waals surface area contributed by atoms with Gasteiger partial charge in [0.2, 0.25) is 5.91 Å². The maximum atomic E-state index is 12.3. The molecule has 0 aromatic carbocycles. The smallest absolute Gasteiger partial charge is 0.307 e. The molecule has 0 radical (unpaired) electrons. The number of hydrogen-bond acceptors (Lipinski definition) is 3. The largest absolute Gasteiger partial charge is 0.481 e. The van der Waals surface area contributed by atoms with E-state index < -0.39 is 17.8 Å². The molecule has 0 spiro atoms. The van der Waals surface area contributed by atoms with E-state index in [0.717, 1.165) is 5.56 Å². The van der Waals surface area contributed by atoms with Gasteiger partial charge in [0.05, 0.1) is 11.8 Å². The van der Waals surface area contributed by atoms with Gasteiger partial charge in [-0.3, -0.25) is 14.6 Å². The van der Waals surface area contributed by atoms with Crippen molar-refractivity contribution in [3.8, 4) is 0 Å². The third kappa shape index (κ3) is 4.26. The maximum Gasteiger partial charge on any atom is 0.307 e. The van der Waals surface area contributed by atoms with E-state index in [0.29, 0.717) is 19.4 Å². The first kappa shape index (κ1) is 16.4. The molecule has 2 rings (SSSR count). The van der Waals surface area contributed by atoms with Crippen molar-refractivity contribution in [3.63, 3.8) is 0 Å². The molecule has 2 N–H and O–H groups in total. The Hall–Kier alpha value is -0.950. The van der Waals surface area contributed by atoms with E-state index in [1.54, 1.807) is 18.5 Å². The molecule has 1 aliphatic carbocycles. The standard InChI is InChI=1S/C14H16Br2N2O3/c15-11-4-9(10(14(20)21)5-12(11)16)13(19)18-7-8-2-1-3-17-6-8/h1-3,6,9-12H,4-5,7H2,(H,18,19)(H,20,21)/t9-,10+,11-,12-/m1/s1. The van der Waals surface area contributed by atoms with E-state index in [-0.39, 0.29) is 15.6 Å². The van der Waals surface area contributed by atoms with Crippen LogP contribution in [0.5, 0.6) is 0 Å². The summed E-state index contributed by atoms with van der Waals surface area (Å²) in [6.45, 7) is 0.361. The molecule has 0 aliphatic heterocycles. The average Bonchev–Trinajstić information content (AvgIpc) is 2.48. The minimum Gasteiger partial charge on any atom is -0.481 e. The van der Waals surface area contributed by atoms with Crippen LogP contribution in [-0.2, 0) is 16.1 Å². The van der Waals surface area contributed by atoms with Crippen LogP contribution in [0.25, 0.3) is 0 Å². The fourth-order valence-corrected chi connectivity index (χ4v) is 3.73. The highest BCUT2D eigenvalue weighted by molar-refractivity contribution is 9.12. The predicted octanol–water partition coefficient (Wildman–Crippen LogP) is 2.34. The summed E-state index contributed by atoms with van der Waals surface area (Å²) in [5.41, 5.74) is 0.891. The monoisotopic (exact) mass is 418 g/mol. The number of aromatic nitrogens is 1. The Balaban J connectivity index is 2.00. The van der Waals surface area contributed by atoms with E-state index in [4.69, 9.17) is 0 Å². The number of carbonyl (C=O) groups excluding carboxylic acids is 1. The van der Waals surface area contributed by atoms with Crippen LogP contribution in [0.15, 0.2) is 24.5 Å². The van der Waals surface area contributed by atoms with Crippen molar-refractivity contribution in [1.29, 1.82) is 0 Å². The summed E-state index contributed by atoms with van der Waals surface area (Å²) in [4.78, 5) is 27.8. The lowest BCUT2D eigenvalue weighted by molar-refractivity contribution is -0.148. The Labute approximate surface area is 139 Å². The van der Waals surface area contributed by atoms with E-state index in [2.05, 4.69) is 42.2 Å². The minimum atomic E-state index is -0.916. The molecule has 21 heavy (non-hydrogen) atoms. The quantitative estimate of drug-likeness (QED) is 0.734. The van der Waals surface area contributed by atoms with E-state index in [9.17, 15) is 14.7 Å². The SMILES string of the molecule is O=C(O)[C@H]1C[C@@H](Br)[C@H](Br)C[C@H]1C(=O)NCc1cccnc1. The third-order valence-electron chi connectivity index (χ3n) is 3.68. The van der Waals surface area contributed by atoms with Crippen molar-refractivity contribution in [2.45, 2.75) is 29.0 Å². The Bertz CT molecular complexity index is 512. The van der Waals surface area contributed by atoms with Gasteiger partial charge in [-0.05, 0) is 24.5 Å². The number of nitrogens with one attached hydrogen (secondary N) is 1. The average molecular weight is 420 g/mol. The minimum absolute atomic E-state index is 0.0703. The second kappa shape index (κ2) is 7.35. The molecule has 1 amide bonds. The maximum absolute atomic E-state index is 12.3. The molecule has 0 unspecified atom stereocenters. The van der Waals surface area contributed by atoms with Gasteiger partial charge in [-0.25, -0.2) is 0 Å². The summed E-state index contributed by atoms with van der Waals surface area (Å²) in [5.74, 6) is -2.30. The highest BCUT2D eigenvalue weighted by Gasteiger charge is 2.42. The number of carboxylic acid groups (broad SMARTS) is 1. The summed E-state index contributed by atoms with van der Waals surface area (Å²) < 4.78 is 0. The van der Waals surface area contributed by atoms with Crippen molar-refractivity contribution in [2.24, 2.45) is 11.8 Å².